The summed E-state index contributed by atoms with van der Waals surface area (Å²) in [6.07, 6.45) is 8.83. The van der Waals surface area contributed by atoms with Gasteiger partial charge in [-0.15, -0.1) is 0 Å². The van der Waals surface area contributed by atoms with E-state index in [1.165, 1.54) is 32.8 Å². The fraction of sp³-hybridized carbons (Fsp3) is 0.520. The predicted molar refractivity (Wildman–Crippen MR) is 113 cm³/mol. The van der Waals surface area contributed by atoms with Crippen LogP contribution in [-0.4, -0.2) is 7.11 Å². The van der Waals surface area contributed by atoms with Crippen LogP contribution in [0.5, 0.6) is 5.75 Å². The van der Waals surface area contributed by atoms with Crippen LogP contribution in [0, 0.1) is 23.5 Å². The molecule has 2 aliphatic rings. The van der Waals surface area contributed by atoms with Crippen LogP contribution in [0.25, 0.3) is 0 Å². The Balaban J connectivity index is 1.73. The highest BCUT2D eigenvalue weighted by Gasteiger charge is 2.29. The summed E-state index contributed by atoms with van der Waals surface area (Å²) in [5.74, 6) is -2.25. The molecular formula is C25H31F3O2. The SMILES string of the molecule is C=C(OC)/C(F)=C1/Oc2c(cc(CCC3CCC(CCC)CC3)c(F)c2F)CC1=C. The highest BCUT2D eigenvalue weighted by Crippen LogP contribution is 2.40. The summed E-state index contributed by atoms with van der Waals surface area (Å²) >= 11 is 0. The molecule has 0 N–H and O–H groups in total. The first-order valence-electron chi connectivity index (χ1n) is 10.8. The maximum atomic E-state index is 14.8. The van der Waals surface area contributed by atoms with Crippen LogP contribution in [0.1, 0.15) is 63.0 Å². The summed E-state index contributed by atoms with van der Waals surface area (Å²) in [6.45, 7) is 9.47. The van der Waals surface area contributed by atoms with Crippen molar-refractivity contribution in [2.24, 2.45) is 11.8 Å². The number of benzene rings is 1. The average Bonchev–Trinajstić information content (AvgIpc) is 2.75. The lowest BCUT2D eigenvalue weighted by atomic mass is 9.78. The number of rotatable bonds is 7. The fourth-order valence-electron chi connectivity index (χ4n) is 4.62. The molecule has 5 heteroatoms. The van der Waals surface area contributed by atoms with E-state index in [0.29, 0.717) is 29.0 Å². The Hall–Kier alpha value is -2.17. The zero-order valence-electron chi connectivity index (χ0n) is 18.0. The summed E-state index contributed by atoms with van der Waals surface area (Å²) in [5.41, 5.74) is 1.18. The third kappa shape index (κ3) is 4.76. The Morgan fingerprint density at radius 1 is 1.13 bits per heavy atom. The molecule has 0 atom stereocenters. The van der Waals surface area contributed by atoms with Crippen molar-refractivity contribution in [2.75, 3.05) is 7.11 Å². The summed E-state index contributed by atoms with van der Waals surface area (Å²) in [7, 11) is 1.27. The van der Waals surface area contributed by atoms with Gasteiger partial charge in [0.2, 0.25) is 11.6 Å². The monoisotopic (exact) mass is 420 g/mol. The van der Waals surface area contributed by atoms with E-state index < -0.39 is 17.5 Å². The third-order valence-electron chi connectivity index (χ3n) is 6.42. The topological polar surface area (TPSA) is 18.5 Å². The molecule has 2 nitrogen and oxygen atoms in total. The van der Waals surface area contributed by atoms with Gasteiger partial charge in [-0.05, 0) is 41.9 Å². The molecule has 1 aromatic rings. The molecule has 0 radical (unpaired) electrons. The summed E-state index contributed by atoms with van der Waals surface area (Å²) < 4.78 is 54.0. The van der Waals surface area contributed by atoms with Gasteiger partial charge in [-0.25, -0.2) is 4.39 Å². The molecule has 1 aliphatic heterocycles. The molecule has 0 saturated heterocycles. The van der Waals surface area contributed by atoms with Crippen molar-refractivity contribution in [3.8, 4) is 5.75 Å². The number of hydrogen-bond donors (Lipinski definition) is 0. The molecule has 1 saturated carbocycles. The number of hydrogen-bond acceptors (Lipinski definition) is 2. The number of allylic oxidation sites excluding steroid dienone is 2. The van der Waals surface area contributed by atoms with Crippen LogP contribution in [0.4, 0.5) is 13.2 Å². The lowest BCUT2D eigenvalue weighted by Crippen LogP contribution is -2.17. The fourth-order valence-corrected chi connectivity index (χ4v) is 4.62. The van der Waals surface area contributed by atoms with Crippen molar-refractivity contribution in [3.63, 3.8) is 0 Å². The Morgan fingerprint density at radius 2 is 1.77 bits per heavy atom. The van der Waals surface area contributed by atoms with Crippen LogP contribution in [0.2, 0.25) is 0 Å². The van der Waals surface area contributed by atoms with Crippen molar-refractivity contribution in [1.29, 1.82) is 0 Å². The summed E-state index contributed by atoms with van der Waals surface area (Å²) in [5, 5.41) is 0. The number of methoxy groups -OCH3 is 1. The molecule has 1 fully saturated rings. The van der Waals surface area contributed by atoms with Gasteiger partial charge in [0.25, 0.3) is 0 Å². The third-order valence-corrected chi connectivity index (χ3v) is 6.42. The van der Waals surface area contributed by atoms with E-state index in [0.717, 1.165) is 25.2 Å². The van der Waals surface area contributed by atoms with Gasteiger partial charge in [-0.1, -0.05) is 58.6 Å². The van der Waals surface area contributed by atoms with Crippen molar-refractivity contribution >= 4 is 0 Å². The van der Waals surface area contributed by atoms with E-state index in [4.69, 9.17) is 9.47 Å². The van der Waals surface area contributed by atoms with Gasteiger partial charge < -0.3 is 9.47 Å². The zero-order chi connectivity index (χ0) is 21.8. The first kappa shape index (κ1) is 22.5. The number of halogens is 3. The molecule has 0 bridgehead atoms. The molecule has 0 aromatic heterocycles. The van der Waals surface area contributed by atoms with Gasteiger partial charge >= 0.3 is 0 Å². The summed E-state index contributed by atoms with van der Waals surface area (Å²) in [6, 6.07) is 1.64. The Morgan fingerprint density at radius 3 is 2.37 bits per heavy atom. The smallest absolute Gasteiger partial charge is 0.207 e. The lowest BCUT2D eigenvalue weighted by molar-refractivity contribution is 0.251. The lowest BCUT2D eigenvalue weighted by Gasteiger charge is -2.28. The van der Waals surface area contributed by atoms with E-state index in [1.807, 2.05) is 0 Å². The van der Waals surface area contributed by atoms with E-state index >= 15 is 0 Å². The van der Waals surface area contributed by atoms with Gasteiger partial charge in [0.1, 0.15) is 0 Å². The minimum Gasteiger partial charge on any atom is -0.494 e. The quantitative estimate of drug-likeness (QED) is 0.430. The summed E-state index contributed by atoms with van der Waals surface area (Å²) in [4.78, 5) is 0. The van der Waals surface area contributed by atoms with Crippen LogP contribution >= 0.6 is 0 Å². The standard InChI is InChI=1S/C25H31F3O2/c1-5-6-17-7-9-18(10-8-17)11-12-19-14-20-13-15(2)24(21(26)16(3)29-4)30-25(20)23(28)22(19)27/h14,17-18H,2-3,5-13H2,1,4H3/b24-21-. The second-order valence-electron chi connectivity index (χ2n) is 8.52. The molecule has 1 heterocycles. The van der Waals surface area contributed by atoms with Crippen molar-refractivity contribution in [2.45, 2.75) is 64.7 Å². The van der Waals surface area contributed by atoms with Gasteiger partial charge in [0.15, 0.2) is 23.1 Å². The van der Waals surface area contributed by atoms with Crippen LogP contribution in [0.3, 0.4) is 0 Å². The largest absolute Gasteiger partial charge is 0.494 e. The molecule has 0 amide bonds. The molecule has 164 valence electrons. The van der Waals surface area contributed by atoms with E-state index in [2.05, 4.69) is 20.1 Å². The molecule has 1 aliphatic carbocycles. The Bertz CT molecular complexity index is 848. The number of aryl methyl sites for hydroxylation is 1. The average molecular weight is 421 g/mol. The van der Waals surface area contributed by atoms with Gasteiger partial charge in [-0.3, -0.25) is 0 Å². The molecule has 0 spiro atoms. The Kier molecular flexibility index (Phi) is 7.32. The van der Waals surface area contributed by atoms with Crippen molar-refractivity contribution < 1.29 is 22.6 Å². The molecule has 0 unspecified atom stereocenters. The van der Waals surface area contributed by atoms with Gasteiger partial charge in [-0.2, -0.15) is 8.78 Å². The van der Waals surface area contributed by atoms with Gasteiger partial charge in [0.05, 0.1) is 7.11 Å². The predicted octanol–water partition coefficient (Wildman–Crippen LogP) is 7.34. The maximum Gasteiger partial charge on any atom is 0.207 e. The molecule has 3 rings (SSSR count). The molecule has 1 aromatic carbocycles. The minimum absolute atomic E-state index is 0.182. The number of ether oxygens (including phenoxy) is 2. The zero-order valence-corrected chi connectivity index (χ0v) is 18.0. The van der Waals surface area contributed by atoms with E-state index in [9.17, 15) is 13.2 Å². The van der Waals surface area contributed by atoms with E-state index in [1.54, 1.807) is 6.07 Å². The van der Waals surface area contributed by atoms with Crippen molar-refractivity contribution in [1.82, 2.24) is 0 Å². The highest BCUT2D eigenvalue weighted by molar-refractivity contribution is 5.51. The first-order valence-corrected chi connectivity index (χ1v) is 10.8. The molecule has 30 heavy (non-hydrogen) atoms. The highest BCUT2D eigenvalue weighted by atomic mass is 19.2. The minimum atomic E-state index is -1.07. The van der Waals surface area contributed by atoms with Crippen LogP contribution < -0.4 is 4.74 Å². The maximum absolute atomic E-state index is 14.8. The van der Waals surface area contributed by atoms with Crippen LogP contribution in [0.15, 0.2) is 42.1 Å². The van der Waals surface area contributed by atoms with Crippen LogP contribution in [-0.2, 0) is 17.6 Å². The normalized spacial score (nSPS) is 22.9. The van der Waals surface area contributed by atoms with Gasteiger partial charge in [0, 0.05) is 12.0 Å². The number of fused-ring (bicyclic) bond motifs is 1. The molecular weight excluding hydrogens is 389 g/mol. The second-order valence-corrected chi connectivity index (χ2v) is 8.52. The van der Waals surface area contributed by atoms with E-state index in [-0.39, 0.29) is 23.7 Å². The van der Waals surface area contributed by atoms with Crippen molar-refractivity contribution in [3.05, 3.63) is 64.9 Å². The second kappa shape index (κ2) is 9.76. The Labute approximate surface area is 177 Å². The first-order chi connectivity index (χ1) is 14.3.